The van der Waals surface area contributed by atoms with E-state index in [-0.39, 0.29) is 6.10 Å². The van der Waals surface area contributed by atoms with E-state index in [0.29, 0.717) is 6.04 Å². The number of hydrogen-bond donors (Lipinski definition) is 1. The van der Waals surface area contributed by atoms with E-state index < -0.39 is 0 Å². The topological polar surface area (TPSA) is 33.7 Å². The van der Waals surface area contributed by atoms with Crippen molar-refractivity contribution in [3.63, 3.8) is 0 Å². The van der Waals surface area contributed by atoms with Gasteiger partial charge in [0.05, 0.1) is 30.0 Å². The average molecular weight is 422 g/mol. The Labute approximate surface area is 143 Å². The lowest BCUT2D eigenvalue weighted by atomic mass is 10.2. The highest BCUT2D eigenvalue weighted by Gasteiger charge is 2.22. The van der Waals surface area contributed by atoms with E-state index in [1.807, 2.05) is 12.1 Å². The van der Waals surface area contributed by atoms with Gasteiger partial charge >= 0.3 is 0 Å². The fraction of sp³-hybridized carbons (Fsp3) is 0.600. The molecule has 0 bridgehead atoms. The van der Waals surface area contributed by atoms with Crippen LogP contribution < -0.4 is 10.1 Å². The number of rotatable bonds is 5. The zero-order valence-electron chi connectivity index (χ0n) is 12.7. The Morgan fingerprint density at radius 3 is 2.81 bits per heavy atom. The Hall–Kier alpha value is -0.300. The highest BCUT2D eigenvalue weighted by molar-refractivity contribution is 9.11. The van der Waals surface area contributed by atoms with Crippen molar-refractivity contribution in [1.82, 2.24) is 4.90 Å². The molecule has 4 nitrogen and oxygen atoms in total. The van der Waals surface area contributed by atoms with Crippen molar-refractivity contribution in [2.75, 3.05) is 38.7 Å². The normalized spacial score (nSPS) is 19.8. The second kappa shape index (κ2) is 7.81. The molecule has 1 aliphatic rings. The molecule has 0 amide bonds. The van der Waals surface area contributed by atoms with E-state index in [4.69, 9.17) is 9.47 Å². The maximum absolute atomic E-state index is 5.84. The van der Waals surface area contributed by atoms with E-state index in [9.17, 15) is 0 Å². The summed E-state index contributed by atoms with van der Waals surface area (Å²) >= 11 is 7.05. The minimum Gasteiger partial charge on any atom is -0.495 e. The fourth-order valence-electron chi connectivity index (χ4n) is 2.38. The van der Waals surface area contributed by atoms with Gasteiger partial charge in [0, 0.05) is 36.2 Å². The Morgan fingerprint density at radius 2 is 2.14 bits per heavy atom. The number of benzene rings is 1. The van der Waals surface area contributed by atoms with E-state index in [1.165, 1.54) is 0 Å². The molecule has 1 unspecified atom stereocenters. The average Bonchev–Trinajstić information content (AvgIpc) is 2.46. The van der Waals surface area contributed by atoms with Crippen LogP contribution in [-0.2, 0) is 4.74 Å². The molecule has 2 rings (SSSR count). The smallest absolute Gasteiger partial charge is 0.135 e. The summed E-state index contributed by atoms with van der Waals surface area (Å²) in [5.74, 6) is 0.814. The summed E-state index contributed by atoms with van der Waals surface area (Å²) < 4.78 is 13.1. The van der Waals surface area contributed by atoms with Gasteiger partial charge in [-0.2, -0.15) is 0 Å². The molecule has 1 N–H and O–H groups in total. The van der Waals surface area contributed by atoms with Crippen LogP contribution >= 0.6 is 31.9 Å². The van der Waals surface area contributed by atoms with Crippen LogP contribution in [0.3, 0.4) is 0 Å². The van der Waals surface area contributed by atoms with Crippen molar-refractivity contribution < 1.29 is 9.47 Å². The van der Waals surface area contributed by atoms with Crippen LogP contribution in [0.2, 0.25) is 0 Å². The number of ether oxygens (including phenoxy) is 2. The maximum atomic E-state index is 5.84. The molecule has 0 radical (unpaired) electrons. The largest absolute Gasteiger partial charge is 0.495 e. The third-order valence-corrected chi connectivity index (χ3v) is 4.94. The molecule has 21 heavy (non-hydrogen) atoms. The van der Waals surface area contributed by atoms with Crippen LogP contribution in [0.1, 0.15) is 13.8 Å². The zero-order valence-corrected chi connectivity index (χ0v) is 15.8. The summed E-state index contributed by atoms with van der Waals surface area (Å²) in [5, 5.41) is 3.44. The first-order valence-electron chi connectivity index (χ1n) is 7.13. The Balaban J connectivity index is 1.96. The van der Waals surface area contributed by atoms with Gasteiger partial charge < -0.3 is 14.8 Å². The highest BCUT2D eigenvalue weighted by Crippen LogP contribution is 2.34. The third kappa shape index (κ3) is 4.58. The van der Waals surface area contributed by atoms with Crippen molar-refractivity contribution in [3.8, 4) is 5.75 Å². The number of anilines is 1. The Kier molecular flexibility index (Phi) is 6.34. The van der Waals surface area contributed by atoms with Gasteiger partial charge in [0.1, 0.15) is 5.75 Å². The van der Waals surface area contributed by atoms with Crippen LogP contribution in [0, 0.1) is 0 Å². The monoisotopic (exact) mass is 420 g/mol. The van der Waals surface area contributed by atoms with Crippen molar-refractivity contribution in [2.24, 2.45) is 0 Å². The highest BCUT2D eigenvalue weighted by atomic mass is 79.9. The molecule has 1 aromatic carbocycles. The molecule has 0 saturated carbocycles. The zero-order chi connectivity index (χ0) is 15.4. The van der Waals surface area contributed by atoms with Gasteiger partial charge in [-0.3, -0.25) is 4.90 Å². The van der Waals surface area contributed by atoms with E-state index in [1.54, 1.807) is 7.11 Å². The second-order valence-electron chi connectivity index (χ2n) is 5.43. The number of halogens is 2. The minimum atomic E-state index is 0.211. The minimum absolute atomic E-state index is 0.211. The Morgan fingerprint density at radius 1 is 1.38 bits per heavy atom. The number of nitrogens with zero attached hydrogens (tertiary/aromatic N) is 1. The summed E-state index contributed by atoms with van der Waals surface area (Å²) in [7, 11) is 1.67. The lowest BCUT2D eigenvalue weighted by Gasteiger charge is -2.35. The van der Waals surface area contributed by atoms with Crippen LogP contribution in [-0.4, -0.2) is 50.4 Å². The van der Waals surface area contributed by atoms with Crippen molar-refractivity contribution in [1.29, 1.82) is 0 Å². The van der Waals surface area contributed by atoms with Crippen LogP contribution in [0.5, 0.6) is 5.75 Å². The molecule has 0 aliphatic carbocycles. The van der Waals surface area contributed by atoms with Gasteiger partial charge in [-0.05, 0) is 51.8 Å². The fourth-order valence-corrected chi connectivity index (χ4v) is 3.68. The van der Waals surface area contributed by atoms with Gasteiger partial charge in [-0.25, -0.2) is 0 Å². The molecular formula is C15H22Br2N2O2. The quantitative estimate of drug-likeness (QED) is 0.785. The van der Waals surface area contributed by atoms with Gasteiger partial charge in [0.25, 0.3) is 0 Å². The number of morpholine rings is 1. The number of methoxy groups -OCH3 is 1. The van der Waals surface area contributed by atoms with Crippen molar-refractivity contribution in [2.45, 2.75) is 26.0 Å². The lowest BCUT2D eigenvalue weighted by Crippen LogP contribution is -2.48. The predicted octanol–water partition coefficient (Wildman–Crippen LogP) is 3.74. The molecule has 1 aromatic rings. The lowest BCUT2D eigenvalue weighted by molar-refractivity contribution is -0.0315. The molecule has 1 atom stereocenters. The van der Waals surface area contributed by atoms with Crippen molar-refractivity contribution >= 4 is 37.5 Å². The third-order valence-electron chi connectivity index (χ3n) is 3.66. The standard InChI is InChI=1S/C15H22Br2N2O2/c1-10(2)19-4-5-21-11(9-19)8-18-14-7-15(20-3)13(17)6-12(14)16/h6-7,10-11,18H,4-5,8-9H2,1-3H3. The SMILES string of the molecule is COc1cc(NCC2CN(C(C)C)CCO2)c(Br)cc1Br. The van der Waals surface area contributed by atoms with E-state index >= 15 is 0 Å². The summed E-state index contributed by atoms with van der Waals surface area (Å²) in [5.41, 5.74) is 1.01. The molecular weight excluding hydrogens is 400 g/mol. The first-order valence-corrected chi connectivity index (χ1v) is 8.72. The van der Waals surface area contributed by atoms with Crippen LogP contribution in [0.15, 0.2) is 21.1 Å². The predicted molar refractivity (Wildman–Crippen MR) is 93.3 cm³/mol. The summed E-state index contributed by atoms with van der Waals surface area (Å²) in [6.07, 6.45) is 0.211. The van der Waals surface area contributed by atoms with Crippen molar-refractivity contribution in [3.05, 3.63) is 21.1 Å². The van der Waals surface area contributed by atoms with Gasteiger partial charge in [0.15, 0.2) is 0 Å². The van der Waals surface area contributed by atoms with Crippen LogP contribution in [0.25, 0.3) is 0 Å². The molecule has 6 heteroatoms. The molecule has 1 aliphatic heterocycles. The number of nitrogens with one attached hydrogen (secondary N) is 1. The molecule has 1 heterocycles. The summed E-state index contributed by atoms with van der Waals surface area (Å²) in [6.45, 7) is 8.03. The first-order chi connectivity index (χ1) is 10.0. The molecule has 1 saturated heterocycles. The summed E-state index contributed by atoms with van der Waals surface area (Å²) in [6, 6.07) is 4.54. The maximum Gasteiger partial charge on any atom is 0.135 e. The molecule has 0 aromatic heterocycles. The van der Waals surface area contributed by atoms with Gasteiger partial charge in [-0.15, -0.1) is 0 Å². The molecule has 1 fully saturated rings. The van der Waals surface area contributed by atoms with Crippen LogP contribution in [0.4, 0.5) is 5.69 Å². The number of hydrogen-bond acceptors (Lipinski definition) is 4. The second-order valence-corrected chi connectivity index (χ2v) is 7.14. The summed E-state index contributed by atoms with van der Waals surface area (Å²) in [4.78, 5) is 2.45. The van der Waals surface area contributed by atoms with E-state index in [2.05, 4.69) is 55.9 Å². The first kappa shape index (κ1) is 17.1. The van der Waals surface area contributed by atoms with Gasteiger partial charge in [-0.1, -0.05) is 0 Å². The molecule has 118 valence electrons. The van der Waals surface area contributed by atoms with Gasteiger partial charge in [0.2, 0.25) is 0 Å². The molecule has 0 spiro atoms. The Bertz CT molecular complexity index is 483. The van der Waals surface area contributed by atoms with E-state index in [0.717, 1.165) is 46.6 Å².